The van der Waals surface area contributed by atoms with Crippen LogP contribution in [0.15, 0.2) is 47.7 Å². The molecule has 26 heavy (non-hydrogen) atoms. The summed E-state index contributed by atoms with van der Waals surface area (Å²) in [5, 5.41) is 13.1. The van der Waals surface area contributed by atoms with Crippen LogP contribution in [0.2, 0.25) is 0 Å². The molecule has 0 saturated carbocycles. The number of nitrogens with one attached hydrogen (secondary N) is 1. The van der Waals surface area contributed by atoms with Crippen LogP contribution in [0.25, 0.3) is 26.1 Å². The van der Waals surface area contributed by atoms with Gasteiger partial charge in [-0.2, -0.15) is 0 Å². The molecule has 1 aromatic carbocycles. The van der Waals surface area contributed by atoms with Gasteiger partial charge in [0.2, 0.25) is 0 Å². The van der Waals surface area contributed by atoms with E-state index in [1.807, 2.05) is 37.3 Å². The van der Waals surface area contributed by atoms with Gasteiger partial charge >= 0.3 is 0 Å². The number of nitrogens with zero attached hydrogens (tertiary/aromatic N) is 3. The first-order valence-electron chi connectivity index (χ1n) is 8.39. The van der Waals surface area contributed by atoms with Crippen molar-refractivity contribution in [2.45, 2.75) is 13.3 Å². The van der Waals surface area contributed by atoms with Crippen molar-refractivity contribution in [2.24, 2.45) is 0 Å². The molecular formula is C19H18N4O2S. The minimum absolute atomic E-state index is 0.0943. The Labute approximate surface area is 153 Å². The Morgan fingerprint density at radius 3 is 2.77 bits per heavy atom. The Kier molecular flexibility index (Phi) is 4.40. The van der Waals surface area contributed by atoms with Crippen LogP contribution in [0.4, 0.5) is 5.69 Å². The fourth-order valence-corrected chi connectivity index (χ4v) is 3.94. The number of aryl methyl sites for hydroxylation is 1. The summed E-state index contributed by atoms with van der Waals surface area (Å²) in [7, 11) is 0. The van der Waals surface area contributed by atoms with Crippen LogP contribution in [0, 0.1) is 6.92 Å². The molecule has 7 heteroatoms. The normalized spacial score (nSPS) is 11.3. The van der Waals surface area contributed by atoms with E-state index >= 15 is 0 Å². The average molecular weight is 366 g/mol. The lowest BCUT2D eigenvalue weighted by Crippen LogP contribution is -2.17. The Morgan fingerprint density at radius 2 is 2.00 bits per heavy atom. The summed E-state index contributed by atoms with van der Waals surface area (Å²) in [6.07, 6.45) is 3.95. The van der Waals surface area contributed by atoms with Crippen molar-refractivity contribution < 1.29 is 5.11 Å². The van der Waals surface area contributed by atoms with Crippen LogP contribution in [-0.4, -0.2) is 32.8 Å². The lowest BCUT2D eigenvalue weighted by molar-refractivity contribution is 0.292. The van der Waals surface area contributed by atoms with Gasteiger partial charge in [-0.3, -0.25) is 9.36 Å². The van der Waals surface area contributed by atoms with Gasteiger partial charge in [0.05, 0.1) is 16.6 Å². The van der Waals surface area contributed by atoms with E-state index in [0.29, 0.717) is 23.2 Å². The average Bonchev–Trinajstić information content (AvgIpc) is 3.04. The van der Waals surface area contributed by atoms with Crippen molar-refractivity contribution in [1.29, 1.82) is 0 Å². The lowest BCUT2D eigenvalue weighted by Gasteiger charge is -2.07. The zero-order valence-corrected chi connectivity index (χ0v) is 15.1. The molecule has 0 fully saturated rings. The molecule has 0 amide bonds. The number of aliphatic hydroxyl groups excluding tert-OH is 1. The number of anilines is 1. The van der Waals surface area contributed by atoms with E-state index in [9.17, 15) is 4.79 Å². The molecule has 132 valence electrons. The minimum Gasteiger partial charge on any atom is -0.396 e. The molecule has 3 heterocycles. The zero-order chi connectivity index (χ0) is 18.1. The van der Waals surface area contributed by atoms with E-state index < -0.39 is 0 Å². The first kappa shape index (κ1) is 16.7. The molecule has 6 nitrogen and oxygen atoms in total. The van der Waals surface area contributed by atoms with E-state index in [0.717, 1.165) is 27.2 Å². The topological polar surface area (TPSA) is 80.0 Å². The van der Waals surface area contributed by atoms with Crippen molar-refractivity contribution in [3.8, 4) is 5.69 Å². The van der Waals surface area contributed by atoms with E-state index in [1.54, 1.807) is 17.1 Å². The van der Waals surface area contributed by atoms with Crippen molar-refractivity contribution in [3.05, 3.63) is 58.8 Å². The minimum atomic E-state index is -0.0943. The molecule has 0 saturated heterocycles. The third kappa shape index (κ3) is 2.85. The molecule has 0 aliphatic carbocycles. The van der Waals surface area contributed by atoms with Gasteiger partial charge in [0.25, 0.3) is 5.56 Å². The predicted molar refractivity (Wildman–Crippen MR) is 105 cm³/mol. The maximum absolute atomic E-state index is 13.0. The van der Waals surface area contributed by atoms with Crippen molar-refractivity contribution in [1.82, 2.24) is 14.5 Å². The summed E-state index contributed by atoms with van der Waals surface area (Å²) in [5.74, 6) is 0. The number of hydrogen-bond donors (Lipinski definition) is 2. The van der Waals surface area contributed by atoms with Crippen LogP contribution < -0.4 is 10.9 Å². The maximum Gasteiger partial charge on any atom is 0.275 e. The summed E-state index contributed by atoms with van der Waals surface area (Å²) in [5.41, 5.74) is 3.39. The van der Waals surface area contributed by atoms with Crippen molar-refractivity contribution >= 4 is 37.5 Å². The van der Waals surface area contributed by atoms with E-state index in [4.69, 9.17) is 5.11 Å². The van der Waals surface area contributed by atoms with Gasteiger partial charge in [0.1, 0.15) is 15.9 Å². The second-order valence-corrected chi connectivity index (χ2v) is 7.08. The summed E-state index contributed by atoms with van der Waals surface area (Å²) >= 11 is 1.36. The van der Waals surface area contributed by atoms with E-state index in [2.05, 4.69) is 15.3 Å². The molecule has 0 aliphatic rings. The number of aliphatic hydroxyl groups is 1. The maximum atomic E-state index is 13.0. The van der Waals surface area contributed by atoms with Crippen LogP contribution in [0.3, 0.4) is 0 Å². The third-order valence-electron chi connectivity index (χ3n) is 4.24. The van der Waals surface area contributed by atoms with Crippen LogP contribution in [0.1, 0.15) is 12.0 Å². The molecule has 0 atom stereocenters. The first-order valence-corrected chi connectivity index (χ1v) is 9.21. The number of hydrogen-bond acceptors (Lipinski definition) is 6. The zero-order valence-electron chi connectivity index (χ0n) is 14.3. The SMILES string of the molecule is Cc1ccc(-n2cnc3c(sc4nccc(NCCCO)c43)c2=O)cc1. The highest BCUT2D eigenvalue weighted by atomic mass is 32.1. The number of thiophene rings is 1. The lowest BCUT2D eigenvalue weighted by atomic mass is 10.2. The first-order chi connectivity index (χ1) is 12.7. The Hall–Kier alpha value is -2.77. The highest BCUT2D eigenvalue weighted by molar-refractivity contribution is 7.25. The van der Waals surface area contributed by atoms with E-state index in [1.165, 1.54) is 11.3 Å². The van der Waals surface area contributed by atoms with Gasteiger partial charge < -0.3 is 10.4 Å². The number of rotatable bonds is 5. The van der Waals surface area contributed by atoms with Crippen molar-refractivity contribution in [2.75, 3.05) is 18.5 Å². The monoisotopic (exact) mass is 366 g/mol. The van der Waals surface area contributed by atoms with Gasteiger partial charge in [-0.15, -0.1) is 11.3 Å². The van der Waals surface area contributed by atoms with Gasteiger partial charge in [0, 0.05) is 25.0 Å². The summed E-state index contributed by atoms with van der Waals surface area (Å²) in [4.78, 5) is 22.8. The molecule has 3 aromatic heterocycles. The molecule has 0 bridgehead atoms. The summed E-state index contributed by atoms with van der Waals surface area (Å²) in [6.45, 7) is 2.79. The number of benzene rings is 1. The van der Waals surface area contributed by atoms with Crippen molar-refractivity contribution in [3.63, 3.8) is 0 Å². The Balaban J connectivity index is 1.88. The Morgan fingerprint density at radius 1 is 1.19 bits per heavy atom. The molecule has 0 aliphatic heterocycles. The van der Waals surface area contributed by atoms with Gasteiger partial charge in [-0.1, -0.05) is 17.7 Å². The van der Waals surface area contributed by atoms with Crippen LogP contribution in [0.5, 0.6) is 0 Å². The van der Waals surface area contributed by atoms with Gasteiger partial charge in [0.15, 0.2) is 0 Å². The van der Waals surface area contributed by atoms with E-state index in [-0.39, 0.29) is 12.2 Å². The largest absolute Gasteiger partial charge is 0.396 e. The molecule has 0 unspecified atom stereocenters. The van der Waals surface area contributed by atoms with Crippen LogP contribution in [-0.2, 0) is 0 Å². The summed E-state index contributed by atoms with van der Waals surface area (Å²) in [6, 6.07) is 9.65. The smallest absolute Gasteiger partial charge is 0.275 e. The molecule has 4 aromatic rings. The highest BCUT2D eigenvalue weighted by Crippen LogP contribution is 2.34. The number of aromatic nitrogens is 3. The number of fused-ring (bicyclic) bond motifs is 3. The van der Waals surface area contributed by atoms with Gasteiger partial charge in [-0.05, 0) is 31.5 Å². The second-order valence-electron chi connectivity index (χ2n) is 6.08. The van der Waals surface area contributed by atoms with Gasteiger partial charge in [-0.25, -0.2) is 9.97 Å². The molecular weight excluding hydrogens is 348 g/mol. The number of pyridine rings is 1. The second kappa shape index (κ2) is 6.86. The molecule has 0 spiro atoms. The standard InChI is InChI=1S/C19H18N4O2S/c1-12-3-5-13(6-4-12)23-11-22-16-15-14(20-8-2-10-24)7-9-21-18(15)26-17(16)19(23)25/h3-7,9,11,24H,2,8,10H2,1H3,(H,20,21). The fraction of sp³-hybridized carbons (Fsp3) is 0.211. The molecule has 2 N–H and O–H groups in total. The predicted octanol–water partition coefficient (Wildman–Crippen LogP) is 3.10. The summed E-state index contributed by atoms with van der Waals surface area (Å²) < 4.78 is 2.16. The Bertz CT molecular complexity index is 1130. The van der Waals surface area contributed by atoms with Crippen LogP contribution >= 0.6 is 11.3 Å². The quantitative estimate of drug-likeness (QED) is 0.531. The molecule has 4 rings (SSSR count). The highest BCUT2D eigenvalue weighted by Gasteiger charge is 2.16. The third-order valence-corrected chi connectivity index (χ3v) is 5.32. The fourth-order valence-electron chi connectivity index (χ4n) is 2.89. The molecule has 0 radical (unpaired) electrons.